The number of amides is 1. The van der Waals surface area contributed by atoms with Crippen LogP contribution in [0.4, 0.5) is 0 Å². The van der Waals surface area contributed by atoms with Crippen LogP contribution in [-0.4, -0.2) is 31.6 Å². The highest BCUT2D eigenvalue weighted by molar-refractivity contribution is 7.91. The first kappa shape index (κ1) is 16.4. The van der Waals surface area contributed by atoms with E-state index < -0.39 is 9.84 Å². The number of hydrogen-bond donors (Lipinski definition) is 1. The first-order valence-electron chi connectivity index (χ1n) is 6.63. The highest BCUT2D eigenvalue weighted by atomic mass is 32.2. The minimum Gasteiger partial charge on any atom is -0.352 e. The number of nitrogens with one attached hydrogen (secondary N) is 1. The molecule has 0 unspecified atom stereocenters. The third kappa shape index (κ3) is 4.78. The zero-order valence-electron chi connectivity index (χ0n) is 12.0. The number of aryl methyl sites for hydroxylation is 1. The molecule has 2 aromatic rings. The molecule has 7 heteroatoms. The van der Waals surface area contributed by atoms with Gasteiger partial charge in [0.15, 0.2) is 9.84 Å². The summed E-state index contributed by atoms with van der Waals surface area (Å²) >= 11 is 1.50. The Morgan fingerprint density at radius 2 is 2.05 bits per heavy atom. The molecule has 0 aliphatic carbocycles. The molecular weight excluding hydrogens is 320 g/mol. The van der Waals surface area contributed by atoms with Crippen molar-refractivity contribution in [3.8, 4) is 0 Å². The van der Waals surface area contributed by atoms with E-state index in [2.05, 4.69) is 10.3 Å². The number of carbonyl (C=O) groups excluding carboxylic acids is 1. The molecule has 1 amide bonds. The van der Waals surface area contributed by atoms with Crippen LogP contribution in [0.5, 0.6) is 0 Å². The van der Waals surface area contributed by atoms with Crippen LogP contribution >= 0.6 is 11.3 Å². The molecule has 0 fully saturated rings. The van der Waals surface area contributed by atoms with Crippen molar-refractivity contribution in [2.24, 2.45) is 0 Å². The van der Waals surface area contributed by atoms with Crippen molar-refractivity contribution in [3.05, 3.63) is 52.5 Å². The molecule has 5 nitrogen and oxygen atoms in total. The fourth-order valence-electron chi connectivity index (χ4n) is 1.73. The summed E-state index contributed by atoms with van der Waals surface area (Å²) in [6.07, 6.45) is 2.95. The normalized spacial score (nSPS) is 11.7. The Kier molecular flexibility index (Phi) is 5.46. The summed E-state index contributed by atoms with van der Waals surface area (Å²) in [5, 5.41) is 5.33. The lowest BCUT2D eigenvalue weighted by molar-refractivity contribution is -0.116. The van der Waals surface area contributed by atoms with E-state index in [1.165, 1.54) is 17.4 Å². The molecule has 0 spiro atoms. The molecule has 0 radical (unpaired) electrons. The summed E-state index contributed by atoms with van der Waals surface area (Å²) in [5.74, 6) is -0.472. The van der Waals surface area contributed by atoms with Crippen molar-refractivity contribution in [2.75, 3.05) is 12.3 Å². The molecule has 0 atom stereocenters. The third-order valence-electron chi connectivity index (χ3n) is 2.81. The quantitative estimate of drug-likeness (QED) is 0.819. The van der Waals surface area contributed by atoms with E-state index in [-0.39, 0.29) is 23.1 Å². The lowest BCUT2D eigenvalue weighted by atomic mass is 10.4. The van der Waals surface area contributed by atoms with Gasteiger partial charge in [-0.1, -0.05) is 18.2 Å². The Morgan fingerprint density at radius 1 is 1.32 bits per heavy atom. The second-order valence-corrected chi connectivity index (χ2v) is 7.72. The maximum atomic E-state index is 12.0. The summed E-state index contributed by atoms with van der Waals surface area (Å²) in [5.41, 5.74) is 0.717. The van der Waals surface area contributed by atoms with Gasteiger partial charge in [-0.3, -0.25) is 4.79 Å². The van der Waals surface area contributed by atoms with Crippen LogP contribution in [0.2, 0.25) is 0 Å². The molecule has 2 rings (SSSR count). The van der Waals surface area contributed by atoms with E-state index in [1.807, 2.05) is 12.3 Å². The van der Waals surface area contributed by atoms with Crippen molar-refractivity contribution in [1.82, 2.24) is 10.3 Å². The Labute approximate surface area is 133 Å². The van der Waals surface area contributed by atoms with Gasteiger partial charge in [-0.15, -0.1) is 11.3 Å². The van der Waals surface area contributed by atoms with Gasteiger partial charge in [0.05, 0.1) is 21.3 Å². The van der Waals surface area contributed by atoms with Crippen LogP contribution < -0.4 is 5.32 Å². The molecule has 116 valence electrons. The highest BCUT2D eigenvalue weighted by Crippen LogP contribution is 2.10. The van der Waals surface area contributed by atoms with Crippen molar-refractivity contribution >= 4 is 33.2 Å². The van der Waals surface area contributed by atoms with Gasteiger partial charge in [0.25, 0.3) is 0 Å². The average Bonchev–Trinajstić information content (AvgIpc) is 2.91. The second-order valence-electron chi connectivity index (χ2n) is 4.55. The molecule has 0 saturated carbocycles. The molecule has 1 heterocycles. The van der Waals surface area contributed by atoms with Crippen molar-refractivity contribution in [1.29, 1.82) is 0 Å². The fraction of sp³-hybridized carbons (Fsp3) is 0.200. The summed E-state index contributed by atoms with van der Waals surface area (Å²) in [4.78, 5) is 16.1. The van der Waals surface area contributed by atoms with Crippen LogP contribution in [0, 0.1) is 6.92 Å². The van der Waals surface area contributed by atoms with E-state index in [0.29, 0.717) is 0 Å². The molecular formula is C15H16N2O3S2. The molecule has 1 N–H and O–H groups in total. The molecule has 0 aliphatic heterocycles. The van der Waals surface area contributed by atoms with Gasteiger partial charge in [0, 0.05) is 18.0 Å². The van der Waals surface area contributed by atoms with Gasteiger partial charge in [0.2, 0.25) is 5.91 Å². The van der Waals surface area contributed by atoms with Crippen LogP contribution in [-0.2, 0) is 14.6 Å². The van der Waals surface area contributed by atoms with Gasteiger partial charge in [-0.25, -0.2) is 13.4 Å². The van der Waals surface area contributed by atoms with Crippen LogP contribution in [0.15, 0.2) is 46.7 Å². The summed E-state index contributed by atoms with van der Waals surface area (Å²) in [6, 6.07) is 8.18. The van der Waals surface area contributed by atoms with E-state index >= 15 is 0 Å². The Bertz CT molecular complexity index is 765. The second kappa shape index (κ2) is 7.33. The lowest BCUT2D eigenvalue weighted by Gasteiger charge is -2.04. The van der Waals surface area contributed by atoms with Gasteiger partial charge in [-0.2, -0.15) is 0 Å². The molecule has 0 saturated heterocycles. The van der Waals surface area contributed by atoms with Gasteiger partial charge in [-0.05, 0) is 25.1 Å². The molecule has 1 aromatic heterocycles. The van der Waals surface area contributed by atoms with E-state index in [9.17, 15) is 13.2 Å². The Hall–Kier alpha value is -1.99. The summed E-state index contributed by atoms with van der Waals surface area (Å²) in [6.45, 7) is 1.95. The smallest absolute Gasteiger partial charge is 0.244 e. The van der Waals surface area contributed by atoms with Gasteiger partial charge in [0.1, 0.15) is 0 Å². The van der Waals surface area contributed by atoms with Crippen molar-refractivity contribution < 1.29 is 13.2 Å². The highest BCUT2D eigenvalue weighted by Gasteiger charge is 2.13. The number of aromatic nitrogens is 1. The minimum atomic E-state index is -3.37. The summed E-state index contributed by atoms with van der Waals surface area (Å²) in [7, 11) is -3.37. The number of sulfone groups is 1. The minimum absolute atomic E-state index is 0.0660. The first-order valence-corrected chi connectivity index (χ1v) is 9.16. The van der Waals surface area contributed by atoms with E-state index in [1.54, 1.807) is 36.4 Å². The maximum Gasteiger partial charge on any atom is 0.244 e. The number of nitrogens with zero attached hydrogens (tertiary/aromatic N) is 1. The molecule has 0 bridgehead atoms. The average molecular weight is 336 g/mol. The van der Waals surface area contributed by atoms with Gasteiger partial charge < -0.3 is 5.32 Å². The zero-order chi connectivity index (χ0) is 16.0. The largest absolute Gasteiger partial charge is 0.352 e. The van der Waals surface area contributed by atoms with Crippen LogP contribution in [0.25, 0.3) is 6.08 Å². The zero-order valence-corrected chi connectivity index (χ0v) is 13.7. The van der Waals surface area contributed by atoms with Gasteiger partial charge >= 0.3 is 0 Å². The third-order valence-corrected chi connectivity index (χ3v) is 5.34. The Morgan fingerprint density at radius 3 is 2.68 bits per heavy atom. The van der Waals surface area contributed by atoms with Crippen molar-refractivity contribution in [2.45, 2.75) is 11.8 Å². The van der Waals surface area contributed by atoms with E-state index in [0.717, 1.165) is 10.7 Å². The standard InChI is InChI=1S/C15H16N2O3S2/c1-12-17-13(11-21-12)7-8-15(18)16-9-10-22(19,20)14-5-3-2-4-6-14/h2-8,11H,9-10H2,1H3,(H,16,18)/b8-7-. The number of hydrogen-bond acceptors (Lipinski definition) is 5. The van der Waals surface area contributed by atoms with E-state index in [4.69, 9.17) is 0 Å². The molecule has 1 aromatic carbocycles. The van der Waals surface area contributed by atoms with Crippen LogP contribution in [0.3, 0.4) is 0 Å². The lowest BCUT2D eigenvalue weighted by Crippen LogP contribution is -2.27. The summed E-state index contributed by atoms with van der Waals surface area (Å²) < 4.78 is 24.0. The number of benzene rings is 1. The topological polar surface area (TPSA) is 76.1 Å². The van der Waals surface area contributed by atoms with Crippen molar-refractivity contribution in [3.63, 3.8) is 0 Å². The predicted octanol–water partition coefficient (Wildman–Crippen LogP) is 2.05. The Balaban J connectivity index is 1.83. The fourth-order valence-corrected chi connectivity index (χ4v) is 3.49. The SMILES string of the molecule is Cc1nc(/C=C\C(=O)NCCS(=O)(=O)c2ccccc2)cs1. The number of thiazole rings is 1. The van der Waals surface area contributed by atoms with Crippen LogP contribution in [0.1, 0.15) is 10.7 Å². The predicted molar refractivity (Wildman–Crippen MR) is 87.4 cm³/mol. The maximum absolute atomic E-state index is 12.0. The monoisotopic (exact) mass is 336 g/mol. The molecule has 22 heavy (non-hydrogen) atoms. The molecule has 0 aliphatic rings. The number of rotatable bonds is 6. The number of carbonyl (C=O) groups is 1. The first-order chi connectivity index (χ1) is 10.5.